The molecule has 12 heteroatoms. The van der Waals surface area contributed by atoms with Gasteiger partial charge in [-0.3, -0.25) is 9.59 Å². The van der Waals surface area contributed by atoms with E-state index in [0.717, 1.165) is 6.26 Å². The Morgan fingerprint density at radius 1 is 1.22 bits per heavy atom. The summed E-state index contributed by atoms with van der Waals surface area (Å²) in [6, 6.07) is 3.48. The van der Waals surface area contributed by atoms with Crippen molar-refractivity contribution in [3.63, 3.8) is 0 Å². The van der Waals surface area contributed by atoms with Gasteiger partial charge >= 0.3 is 0 Å². The number of sulfonamides is 1. The van der Waals surface area contributed by atoms with Crippen LogP contribution in [0, 0.1) is 0 Å². The van der Waals surface area contributed by atoms with Crippen LogP contribution in [0.2, 0.25) is 5.15 Å². The van der Waals surface area contributed by atoms with Crippen molar-refractivity contribution < 1.29 is 18.0 Å². The van der Waals surface area contributed by atoms with Gasteiger partial charge in [-0.25, -0.2) is 23.4 Å². The zero-order valence-electron chi connectivity index (χ0n) is 17.8. The van der Waals surface area contributed by atoms with Crippen molar-refractivity contribution in [3.05, 3.63) is 53.6 Å². The van der Waals surface area contributed by atoms with Gasteiger partial charge in [-0.2, -0.15) is 4.31 Å². The lowest BCUT2D eigenvalue weighted by Crippen LogP contribution is -2.56. The molecule has 0 radical (unpaired) electrons. The summed E-state index contributed by atoms with van der Waals surface area (Å²) in [5.41, 5.74) is 1.37. The van der Waals surface area contributed by atoms with Gasteiger partial charge in [0, 0.05) is 26.2 Å². The molecule has 0 spiro atoms. The van der Waals surface area contributed by atoms with Crippen LogP contribution in [0.25, 0.3) is 11.4 Å². The summed E-state index contributed by atoms with van der Waals surface area (Å²) in [5.74, 6) is -0.680. The Morgan fingerprint density at radius 2 is 1.94 bits per heavy atom. The van der Waals surface area contributed by atoms with Crippen molar-refractivity contribution in [2.24, 2.45) is 0 Å². The molecule has 0 aliphatic carbocycles. The largest absolute Gasteiger partial charge is 0.354 e. The van der Waals surface area contributed by atoms with Crippen molar-refractivity contribution in [3.8, 4) is 11.4 Å². The van der Waals surface area contributed by atoms with Crippen molar-refractivity contribution in [2.75, 3.05) is 26.4 Å². The van der Waals surface area contributed by atoms with Gasteiger partial charge < -0.3 is 10.2 Å². The van der Waals surface area contributed by atoms with Gasteiger partial charge in [-0.05, 0) is 36.8 Å². The highest BCUT2D eigenvalue weighted by Gasteiger charge is 2.40. The number of aromatic nitrogens is 3. The van der Waals surface area contributed by atoms with Crippen LogP contribution in [0.1, 0.15) is 29.0 Å². The molecule has 0 unspecified atom stereocenters. The summed E-state index contributed by atoms with van der Waals surface area (Å²) >= 11 is 6.29. The van der Waals surface area contributed by atoms with Gasteiger partial charge in [0.15, 0.2) is 0 Å². The summed E-state index contributed by atoms with van der Waals surface area (Å²) in [7, 11) is -2.11. The van der Waals surface area contributed by atoms with E-state index in [1.807, 2.05) is 0 Å². The van der Waals surface area contributed by atoms with Crippen molar-refractivity contribution in [1.82, 2.24) is 29.5 Å². The predicted molar refractivity (Wildman–Crippen MR) is 119 cm³/mol. The zero-order chi connectivity index (χ0) is 23.6. The van der Waals surface area contributed by atoms with E-state index in [9.17, 15) is 18.0 Å². The minimum atomic E-state index is -3.60. The highest BCUT2D eigenvalue weighted by Crippen LogP contribution is 2.35. The quantitative estimate of drug-likeness (QED) is 0.506. The smallest absolute Gasteiger partial charge is 0.269 e. The van der Waals surface area contributed by atoms with E-state index in [0.29, 0.717) is 17.0 Å². The fourth-order valence-corrected chi connectivity index (χ4v) is 5.11. The Morgan fingerprint density at radius 3 is 2.56 bits per heavy atom. The number of carbonyl (C=O) groups is 2. The van der Waals surface area contributed by atoms with Crippen LogP contribution in [0.5, 0.6) is 0 Å². The van der Waals surface area contributed by atoms with Crippen LogP contribution in [0.3, 0.4) is 0 Å². The molecule has 2 atom stereocenters. The Hall–Kier alpha value is -2.89. The molecule has 3 rings (SSSR count). The monoisotopic (exact) mass is 478 g/mol. The van der Waals surface area contributed by atoms with E-state index < -0.39 is 28.0 Å². The summed E-state index contributed by atoms with van der Waals surface area (Å²) in [5, 5.41) is 2.61. The van der Waals surface area contributed by atoms with Crippen molar-refractivity contribution in [2.45, 2.75) is 19.0 Å². The van der Waals surface area contributed by atoms with E-state index in [-0.39, 0.29) is 29.8 Å². The number of nitrogens with one attached hydrogen (secondary N) is 1. The second-order valence-corrected chi connectivity index (χ2v) is 9.59. The van der Waals surface area contributed by atoms with Crippen LogP contribution in [-0.2, 0) is 14.8 Å². The second-order valence-electron chi connectivity index (χ2n) is 7.27. The third kappa shape index (κ3) is 4.79. The van der Waals surface area contributed by atoms with Crippen LogP contribution in [-0.4, -0.2) is 76.8 Å². The second kappa shape index (κ2) is 9.31. The molecule has 2 amide bonds. The molecule has 1 saturated heterocycles. The van der Waals surface area contributed by atoms with Gasteiger partial charge in [0.05, 0.1) is 23.7 Å². The highest BCUT2D eigenvalue weighted by molar-refractivity contribution is 7.88. The van der Waals surface area contributed by atoms with Gasteiger partial charge in [0.1, 0.15) is 17.2 Å². The first-order valence-corrected chi connectivity index (χ1v) is 11.9. The van der Waals surface area contributed by atoms with Crippen LogP contribution < -0.4 is 5.32 Å². The van der Waals surface area contributed by atoms with Gasteiger partial charge in [-0.1, -0.05) is 18.2 Å². The lowest BCUT2D eigenvalue weighted by atomic mass is 9.96. The van der Waals surface area contributed by atoms with Crippen molar-refractivity contribution in [1.29, 1.82) is 0 Å². The Bertz CT molecular complexity index is 1170. The fraction of sp³-hybridized carbons (Fsp3) is 0.350. The lowest BCUT2D eigenvalue weighted by Gasteiger charge is -2.45. The molecule has 170 valence electrons. The van der Waals surface area contributed by atoms with Gasteiger partial charge in [0.2, 0.25) is 15.9 Å². The molecular weight excluding hydrogens is 456 g/mol. The fourth-order valence-electron chi connectivity index (χ4n) is 3.77. The lowest BCUT2D eigenvalue weighted by molar-refractivity contribution is -0.131. The molecule has 0 bridgehead atoms. The molecular formula is C20H23ClN6O4S. The molecule has 0 saturated carbocycles. The maximum Gasteiger partial charge on any atom is 0.269 e. The van der Waals surface area contributed by atoms with Gasteiger partial charge in [-0.15, -0.1) is 0 Å². The molecule has 2 aromatic rings. The number of pyridine rings is 1. The van der Waals surface area contributed by atoms with E-state index in [4.69, 9.17) is 11.6 Å². The summed E-state index contributed by atoms with van der Waals surface area (Å²) in [6.45, 7) is 5.66. The van der Waals surface area contributed by atoms with Crippen LogP contribution in [0.4, 0.5) is 0 Å². The zero-order valence-corrected chi connectivity index (χ0v) is 19.4. The van der Waals surface area contributed by atoms with Crippen molar-refractivity contribution >= 4 is 33.4 Å². The normalized spacial score (nSPS) is 19.4. The average molecular weight is 479 g/mol. The Kier molecular flexibility index (Phi) is 6.91. The molecule has 1 fully saturated rings. The maximum absolute atomic E-state index is 12.5. The molecule has 1 aliphatic heterocycles. The third-order valence-corrected chi connectivity index (χ3v) is 6.71. The third-order valence-electron chi connectivity index (χ3n) is 5.25. The first-order valence-electron chi connectivity index (χ1n) is 9.68. The summed E-state index contributed by atoms with van der Waals surface area (Å²) in [4.78, 5) is 38.3. The number of amides is 2. The minimum Gasteiger partial charge on any atom is -0.354 e. The molecule has 0 aromatic carbocycles. The molecule has 2 aromatic heterocycles. The Labute approximate surface area is 191 Å². The maximum atomic E-state index is 12.5. The first kappa shape index (κ1) is 23.8. The topological polar surface area (TPSA) is 125 Å². The molecule has 1 N–H and O–H groups in total. The minimum absolute atomic E-state index is 0.116. The number of piperazine rings is 1. The number of carbonyl (C=O) groups excluding carboxylic acids is 2. The highest BCUT2D eigenvalue weighted by atomic mass is 35.5. The summed E-state index contributed by atoms with van der Waals surface area (Å²) in [6.07, 6.45) is 3.57. The Balaban J connectivity index is 2.12. The van der Waals surface area contributed by atoms with E-state index in [1.165, 1.54) is 29.8 Å². The molecule has 1 aliphatic rings. The molecule has 32 heavy (non-hydrogen) atoms. The number of hydrogen-bond acceptors (Lipinski definition) is 7. The number of nitrogens with zero attached hydrogens (tertiary/aromatic N) is 5. The first-order chi connectivity index (χ1) is 15.1. The van der Waals surface area contributed by atoms with Crippen LogP contribution >= 0.6 is 11.6 Å². The predicted octanol–water partition coefficient (Wildman–Crippen LogP) is 1.27. The van der Waals surface area contributed by atoms with Crippen LogP contribution in [0.15, 0.2) is 37.2 Å². The van der Waals surface area contributed by atoms with Gasteiger partial charge in [0.25, 0.3) is 5.91 Å². The number of halogens is 1. The van der Waals surface area contributed by atoms with E-state index >= 15 is 0 Å². The van der Waals surface area contributed by atoms with E-state index in [2.05, 4.69) is 26.8 Å². The standard InChI is InChI=1S/C20H23ClN6O4S/c1-5-18(28)26-6-7-27(32(4,30)31)19(12(26)2)13-8-15(25-17(21)9-13)14-10-16(20(29)22-3)24-11-23-14/h5,8-12,19H,1,6-7H2,2-4H3,(H,22,29)/t12-,19-/m0/s1. The average Bonchev–Trinajstić information content (AvgIpc) is 2.76. The molecule has 3 heterocycles. The molecule has 10 nitrogen and oxygen atoms in total. The number of hydrogen-bond donors (Lipinski definition) is 1. The SMILES string of the molecule is C=CC(=O)N1CCN(S(C)(=O)=O)[C@H](c2cc(Cl)nc(-c3cc(C(=O)NC)ncn3)c2)[C@@H]1C. The van der Waals surface area contributed by atoms with E-state index in [1.54, 1.807) is 24.0 Å². The number of rotatable bonds is 5. The summed E-state index contributed by atoms with van der Waals surface area (Å²) < 4.78 is 26.4.